The molecule has 3 aliphatic heterocycles. The van der Waals surface area contributed by atoms with E-state index in [0.29, 0.717) is 95.5 Å². The summed E-state index contributed by atoms with van der Waals surface area (Å²) in [6.45, 7) is 5.55. The molecule has 7 rings (SSSR count). The Bertz CT molecular complexity index is 2500. The van der Waals surface area contributed by atoms with Gasteiger partial charge in [-0.3, -0.25) is 34.4 Å². The fraction of sp³-hybridized carbons (Fsp3) is 0.383. The van der Waals surface area contributed by atoms with Gasteiger partial charge in [-0.2, -0.15) is 0 Å². The number of nitrogen functional groups attached to an aromatic ring is 1. The highest BCUT2D eigenvalue weighted by Gasteiger charge is 2.54. The fourth-order valence-electron chi connectivity index (χ4n) is 8.81. The number of pyridine rings is 2. The molecule has 2 aromatic heterocycles. The van der Waals surface area contributed by atoms with E-state index in [0.717, 1.165) is 18.9 Å². The van der Waals surface area contributed by atoms with E-state index < -0.39 is 18.1 Å². The van der Waals surface area contributed by atoms with Crippen LogP contribution in [0.2, 0.25) is 10.0 Å². The molecule has 2 aromatic carbocycles. The summed E-state index contributed by atoms with van der Waals surface area (Å²) in [5, 5.41) is 15.2. The number of benzene rings is 2. The van der Waals surface area contributed by atoms with Gasteiger partial charge in [0, 0.05) is 123 Å². The summed E-state index contributed by atoms with van der Waals surface area (Å²) >= 11 is 12.7. The molecule has 5 N–H and O–H groups in total. The summed E-state index contributed by atoms with van der Waals surface area (Å²) in [7, 11) is 2.93. The topological polar surface area (TPSA) is 224 Å². The number of amides is 4. The summed E-state index contributed by atoms with van der Waals surface area (Å²) in [4.78, 5) is 90.8. The van der Waals surface area contributed by atoms with Crippen LogP contribution in [0.25, 0.3) is 0 Å². The lowest BCUT2D eigenvalue weighted by Crippen LogP contribution is -2.73. The van der Waals surface area contributed by atoms with Crippen LogP contribution in [-0.4, -0.2) is 133 Å². The van der Waals surface area contributed by atoms with E-state index in [1.165, 1.54) is 43.5 Å². The van der Waals surface area contributed by atoms with Crippen LogP contribution in [0, 0.1) is 16.7 Å². The van der Waals surface area contributed by atoms with Crippen molar-refractivity contribution < 1.29 is 33.5 Å². The molecule has 4 aromatic rings. The quantitative estimate of drug-likeness (QED) is 0.0631. The fourth-order valence-corrected chi connectivity index (χ4v) is 9.48. The van der Waals surface area contributed by atoms with E-state index in [9.17, 15) is 28.8 Å². The number of nitrogens with zero attached hydrogens (tertiary/aromatic N) is 6. The maximum atomic E-state index is 13.5. The highest BCUT2D eigenvalue weighted by molar-refractivity contribution is 6.35. The second kappa shape index (κ2) is 20.3. The SMILES string of the molecule is CNC(=O)CCC(C=O)N(C)C(=O)c1ccc(NCC(=O)N2CCC(C(=O)N3CC4(C3)CN(c3ccc(C(=N)c5cc(O[C@H](C)c6c(Cl)cncc6Cl)ccc5N)cn3)C4)CC2)cc1C=O. The summed E-state index contributed by atoms with van der Waals surface area (Å²) in [6.07, 6.45) is 6.65. The number of nitrogens with two attached hydrogens (primary N) is 1. The van der Waals surface area contributed by atoms with Gasteiger partial charge in [-0.1, -0.05) is 23.2 Å². The lowest BCUT2D eigenvalue weighted by molar-refractivity contribution is -0.152. The zero-order valence-electron chi connectivity index (χ0n) is 36.9. The third-order valence-corrected chi connectivity index (χ3v) is 13.3. The Labute approximate surface area is 392 Å². The van der Waals surface area contributed by atoms with Crippen LogP contribution in [0.4, 0.5) is 17.2 Å². The standard InChI is InChI=1S/C47H52Cl2N10O7/c1-28(43-37(48)19-53-20-38(43)49)66-34-7-9-39(50)36(17-34)44(51)30-4-10-40(55-18-30)58-24-47(25-58)26-59(27-47)45(64)29-12-14-57(15-13-29)42(63)21-54-32-5-8-35(31(16-32)22-60)46(65)56(3)33(23-61)6-11-41(62)52-2/h4-5,7-10,16-20,22-23,28-29,33,51,54H,6,11-15,21,24-27,50H2,1-3H3,(H,52,62)/t28-,33?/m1/s1. The number of halogens is 2. The molecule has 0 bridgehead atoms. The molecule has 1 unspecified atom stereocenters. The Morgan fingerprint density at radius 2 is 1.68 bits per heavy atom. The van der Waals surface area contributed by atoms with Crippen LogP contribution in [0.1, 0.15) is 76.1 Å². The van der Waals surface area contributed by atoms with Crippen molar-refractivity contribution >= 4 is 82.3 Å². The van der Waals surface area contributed by atoms with E-state index in [1.54, 1.807) is 35.4 Å². The first kappa shape index (κ1) is 47.4. The summed E-state index contributed by atoms with van der Waals surface area (Å²) in [5.41, 5.74) is 9.29. The van der Waals surface area contributed by atoms with E-state index in [4.69, 9.17) is 39.1 Å². The van der Waals surface area contributed by atoms with Gasteiger partial charge in [-0.25, -0.2) is 4.98 Å². The molecule has 3 aliphatic rings. The van der Waals surface area contributed by atoms with Gasteiger partial charge in [0.05, 0.1) is 33.9 Å². The van der Waals surface area contributed by atoms with Crippen LogP contribution in [0.3, 0.4) is 0 Å². The number of aromatic nitrogens is 2. The Kier molecular flexibility index (Phi) is 14.6. The number of ether oxygens (including phenoxy) is 1. The molecule has 3 fully saturated rings. The molecular weight excluding hydrogens is 887 g/mol. The number of likely N-dealkylation sites (tertiary alicyclic amines) is 2. The Hall–Kier alpha value is -6.59. The lowest BCUT2D eigenvalue weighted by atomic mass is 9.72. The van der Waals surface area contributed by atoms with Crippen LogP contribution in [0.15, 0.2) is 67.1 Å². The summed E-state index contributed by atoms with van der Waals surface area (Å²) in [6, 6.07) is 12.6. The molecule has 5 heterocycles. The normalized spacial score (nSPS) is 16.3. The third kappa shape index (κ3) is 10.3. The van der Waals surface area contributed by atoms with Crippen molar-refractivity contribution in [2.45, 2.75) is 44.8 Å². The predicted molar refractivity (Wildman–Crippen MR) is 250 cm³/mol. The van der Waals surface area contributed by atoms with Gasteiger partial charge in [0.15, 0.2) is 6.29 Å². The van der Waals surface area contributed by atoms with Crippen molar-refractivity contribution in [3.05, 3.63) is 105 Å². The molecule has 3 saturated heterocycles. The first-order valence-corrected chi connectivity index (χ1v) is 22.4. The summed E-state index contributed by atoms with van der Waals surface area (Å²) in [5.74, 6) is 0.289. The molecule has 17 nitrogen and oxygen atoms in total. The maximum Gasteiger partial charge on any atom is 0.254 e. The largest absolute Gasteiger partial charge is 0.486 e. The van der Waals surface area contributed by atoms with Gasteiger partial charge in [-0.15, -0.1) is 0 Å². The summed E-state index contributed by atoms with van der Waals surface area (Å²) < 4.78 is 6.14. The maximum absolute atomic E-state index is 13.5. The second-order valence-electron chi connectivity index (χ2n) is 17.1. The number of carbonyl (C=O) groups is 6. The van der Waals surface area contributed by atoms with Gasteiger partial charge in [0.2, 0.25) is 17.7 Å². The molecule has 4 amide bonds. The molecule has 1 spiro atoms. The minimum absolute atomic E-state index is 0.0126. The number of anilines is 3. The number of rotatable bonds is 17. The average Bonchev–Trinajstić information content (AvgIpc) is 3.30. The highest BCUT2D eigenvalue weighted by Crippen LogP contribution is 2.42. The van der Waals surface area contributed by atoms with Gasteiger partial charge in [0.1, 0.15) is 24.0 Å². The number of likely N-dealkylation sites (N-methyl/N-ethyl adjacent to an activating group) is 1. The number of hydrogen-bond acceptors (Lipinski definition) is 13. The van der Waals surface area contributed by atoms with Crippen molar-refractivity contribution in [2.24, 2.45) is 11.3 Å². The van der Waals surface area contributed by atoms with Crippen molar-refractivity contribution in [1.82, 2.24) is 30.0 Å². The second-order valence-corrected chi connectivity index (χ2v) is 17.9. The van der Waals surface area contributed by atoms with Crippen molar-refractivity contribution in [2.75, 3.05) is 75.9 Å². The van der Waals surface area contributed by atoms with Gasteiger partial charge in [-0.05, 0) is 74.7 Å². The van der Waals surface area contributed by atoms with Crippen LogP contribution >= 0.6 is 23.2 Å². The number of piperidine rings is 1. The van der Waals surface area contributed by atoms with Crippen molar-refractivity contribution in [1.29, 1.82) is 5.41 Å². The van der Waals surface area contributed by atoms with E-state index in [2.05, 4.69) is 25.5 Å². The zero-order chi connectivity index (χ0) is 47.3. The molecule has 2 atom stereocenters. The van der Waals surface area contributed by atoms with Gasteiger partial charge >= 0.3 is 0 Å². The Morgan fingerprint density at radius 1 is 0.970 bits per heavy atom. The zero-order valence-corrected chi connectivity index (χ0v) is 38.4. The number of aldehydes is 2. The molecule has 0 saturated carbocycles. The van der Waals surface area contributed by atoms with Crippen LogP contribution in [0.5, 0.6) is 5.75 Å². The first-order valence-electron chi connectivity index (χ1n) is 21.6. The minimum Gasteiger partial charge on any atom is -0.486 e. The number of carbonyl (C=O) groups excluding carboxylic acids is 6. The number of hydrogen-bond donors (Lipinski definition) is 4. The molecular formula is C47H52Cl2N10O7. The third-order valence-electron chi connectivity index (χ3n) is 12.7. The van der Waals surface area contributed by atoms with E-state index in [1.807, 2.05) is 24.0 Å². The Balaban J connectivity index is 0.836. The lowest BCUT2D eigenvalue weighted by Gasteiger charge is -2.61. The molecule has 346 valence electrons. The van der Waals surface area contributed by atoms with E-state index in [-0.39, 0.29) is 65.3 Å². The molecule has 0 aliphatic carbocycles. The Morgan fingerprint density at radius 3 is 2.32 bits per heavy atom. The minimum atomic E-state index is -0.851. The van der Waals surface area contributed by atoms with Crippen LogP contribution in [-0.2, 0) is 19.2 Å². The smallest absolute Gasteiger partial charge is 0.254 e. The molecule has 0 radical (unpaired) electrons. The van der Waals surface area contributed by atoms with Crippen molar-refractivity contribution in [3.8, 4) is 5.75 Å². The van der Waals surface area contributed by atoms with Gasteiger partial charge in [0.25, 0.3) is 5.91 Å². The van der Waals surface area contributed by atoms with Crippen molar-refractivity contribution in [3.63, 3.8) is 0 Å². The first-order chi connectivity index (χ1) is 31.6. The monoisotopic (exact) mass is 938 g/mol. The average molecular weight is 940 g/mol. The molecule has 19 heteroatoms. The highest BCUT2D eigenvalue weighted by atomic mass is 35.5. The van der Waals surface area contributed by atoms with Gasteiger partial charge < -0.3 is 45.5 Å². The molecule has 66 heavy (non-hydrogen) atoms. The predicted octanol–water partition coefficient (Wildman–Crippen LogP) is 4.90. The number of nitrogens with one attached hydrogen (secondary N) is 3. The van der Waals surface area contributed by atoms with Crippen LogP contribution < -0.4 is 26.0 Å². The van der Waals surface area contributed by atoms with E-state index >= 15 is 0 Å².